The quantitative estimate of drug-likeness (QED) is 0.394. The molecule has 1 aliphatic heterocycles. The molecule has 0 radical (unpaired) electrons. The fourth-order valence-electron chi connectivity index (χ4n) is 2.59. The van der Waals surface area contributed by atoms with Crippen molar-refractivity contribution in [3.63, 3.8) is 0 Å². The first-order valence-electron chi connectivity index (χ1n) is 8.25. The zero-order chi connectivity index (χ0) is 21.0. The second-order valence-electron chi connectivity index (χ2n) is 5.89. The summed E-state index contributed by atoms with van der Waals surface area (Å²) in [5, 5.41) is 21.3. The summed E-state index contributed by atoms with van der Waals surface area (Å²) in [4.78, 5) is 46.5. The van der Waals surface area contributed by atoms with E-state index in [2.05, 4.69) is 0 Å². The molecule has 2 aromatic carbocycles. The first-order chi connectivity index (χ1) is 13.9. The Bertz CT molecular complexity index is 1060. The number of amides is 2. The Hall–Kier alpha value is -3.79. The van der Waals surface area contributed by atoms with Crippen LogP contribution >= 0.6 is 11.8 Å². The van der Waals surface area contributed by atoms with Crippen LogP contribution in [0.2, 0.25) is 0 Å². The maximum Gasteiger partial charge on any atom is 0.293 e. The zero-order valence-corrected chi connectivity index (χ0v) is 15.6. The van der Waals surface area contributed by atoms with Gasteiger partial charge in [0.1, 0.15) is 0 Å². The standard InChI is InChI=1S/C19H13N3O6S/c23-18-17(7-3-5-14-4-1-2-6-16(14)22(27)28)29-19(24)20(18)12-13-8-10-15(11-9-13)21(25)26/h1-11H,12H2/b5-3+,17-7-. The summed E-state index contributed by atoms with van der Waals surface area (Å²) in [6, 6.07) is 11.7. The lowest BCUT2D eigenvalue weighted by molar-refractivity contribution is -0.385. The highest BCUT2D eigenvalue weighted by Crippen LogP contribution is 2.32. The van der Waals surface area contributed by atoms with E-state index in [4.69, 9.17) is 0 Å². The molecule has 29 heavy (non-hydrogen) atoms. The van der Waals surface area contributed by atoms with Gasteiger partial charge < -0.3 is 0 Å². The molecule has 0 unspecified atom stereocenters. The summed E-state index contributed by atoms with van der Waals surface area (Å²) in [7, 11) is 0. The van der Waals surface area contributed by atoms with E-state index < -0.39 is 21.0 Å². The lowest BCUT2D eigenvalue weighted by atomic mass is 10.1. The molecule has 0 saturated carbocycles. The molecule has 1 fully saturated rings. The molecule has 10 heteroatoms. The van der Waals surface area contributed by atoms with Crippen molar-refractivity contribution in [1.82, 2.24) is 4.90 Å². The second-order valence-corrected chi connectivity index (χ2v) is 6.88. The number of hydrogen-bond donors (Lipinski definition) is 0. The van der Waals surface area contributed by atoms with Crippen LogP contribution in [-0.4, -0.2) is 25.9 Å². The summed E-state index contributed by atoms with van der Waals surface area (Å²) >= 11 is 0.760. The van der Waals surface area contributed by atoms with E-state index in [0.29, 0.717) is 11.1 Å². The topological polar surface area (TPSA) is 124 Å². The molecule has 2 amide bonds. The van der Waals surface area contributed by atoms with Gasteiger partial charge >= 0.3 is 0 Å². The number of thioether (sulfide) groups is 1. The fourth-order valence-corrected chi connectivity index (χ4v) is 3.38. The Morgan fingerprint density at radius 3 is 2.31 bits per heavy atom. The molecular weight excluding hydrogens is 398 g/mol. The highest BCUT2D eigenvalue weighted by Gasteiger charge is 2.34. The van der Waals surface area contributed by atoms with Crippen LogP contribution in [0.4, 0.5) is 16.2 Å². The lowest BCUT2D eigenvalue weighted by Crippen LogP contribution is -2.27. The summed E-state index contributed by atoms with van der Waals surface area (Å²) < 4.78 is 0. The van der Waals surface area contributed by atoms with Gasteiger partial charge in [0.25, 0.3) is 22.5 Å². The highest BCUT2D eigenvalue weighted by molar-refractivity contribution is 8.18. The summed E-state index contributed by atoms with van der Waals surface area (Å²) in [5.41, 5.74) is 0.805. The van der Waals surface area contributed by atoms with E-state index in [1.54, 1.807) is 18.2 Å². The molecule has 3 rings (SSSR count). The molecule has 0 bridgehead atoms. The normalized spacial score (nSPS) is 15.4. The third-order valence-electron chi connectivity index (χ3n) is 4.02. The van der Waals surface area contributed by atoms with Gasteiger partial charge in [-0.25, -0.2) is 0 Å². The van der Waals surface area contributed by atoms with E-state index >= 15 is 0 Å². The Kier molecular flexibility index (Phi) is 5.84. The molecule has 0 atom stereocenters. The second kappa shape index (κ2) is 8.48. The van der Waals surface area contributed by atoms with Crippen molar-refractivity contribution >= 4 is 40.4 Å². The minimum atomic E-state index is -0.532. The Labute approximate surface area is 168 Å². The van der Waals surface area contributed by atoms with Gasteiger partial charge in [-0.1, -0.05) is 30.3 Å². The highest BCUT2D eigenvalue weighted by atomic mass is 32.2. The molecule has 0 N–H and O–H groups in total. The van der Waals surface area contributed by atoms with E-state index in [0.717, 1.165) is 16.7 Å². The maximum absolute atomic E-state index is 12.5. The molecule has 0 aliphatic carbocycles. The van der Waals surface area contributed by atoms with Crippen molar-refractivity contribution in [1.29, 1.82) is 0 Å². The molecule has 1 heterocycles. The van der Waals surface area contributed by atoms with Gasteiger partial charge in [-0.15, -0.1) is 0 Å². The number of benzene rings is 2. The van der Waals surface area contributed by atoms with Crippen LogP contribution in [0.1, 0.15) is 11.1 Å². The van der Waals surface area contributed by atoms with Crippen molar-refractivity contribution in [3.8, 4) is 0 Å². The number of nitro groups is 2. The van der Waals surface area contributed by atoms with Gasteiger partial charge in [0.05, 0.1) is 26.9 Å². The van der Waals surface area contributed by atoms with Crippen molar-refractivity contribution in [3.05, 3.63) is 96.9 Å². The number of carbonyl (C=O) groups is 2. The third-order valence-corrected chi connectivity index (χ3v) is 4.94. The predicted molar refractivity (Wildman–Crippen MR) is 107 cm³/mol. The predicted octanol–water partition coefficient (Wildman–Crippen LogP) is 4.30. The van der Waals surface area contributed by atoms with Crippen LogP contribution in [0.5, 0.6) is 0 Å². The number of carbonyl (C=O) groups excluding carboxylic acids is 2. The SMILES string of the molecule is O=C1S/C(=C\C=C\c2ccccc2[N+](=O)[O-])C(=O)N1Cc1ccc([N+](=O)[O-])cc1. The van der Waals surface area contributed by atoms with Gasteiger partial charge in [-0.05, 0) is 35.5 Å². The number of hydrogen-bond acceptors (Lipinski definition) is 7. The van der Waals surface area contributed by atoms with Crippen LogP contribution < -0.4 is 0 Å². The number of imide groups is 1. The van der Waals surface area contributed by atoms with Crippen molar-refractivity contribution in [2.45, 2.75) is 6.54 Å². The van der Waals surface area contributed by atoms with Gasteiger partial charge in [0.2, 0.25) is 0 Å². The molecule has 0 aromatic heterocycles. The Morgan fingerprint density at radius 2 is 1.66 bits per heavy atom. The van der Waals surface area contributed by atoms with Crippen molar-refractivity contribution in [2.75, 3.05) is 0 Å². The number of nitrogens with zero attached hydrogens (tertiary/aromatic N) is 3. The molecule has 146 valence electrons. The Balaban J connectivity index is 1.73. The van der Waals surface area contributed by atoms with E-state index in [9.17, 15) is 29.8 Å². The minimum Gasteiger partial charge on any atom is -0.268 e. The molecular formula is C19H13N3O6S. The summed E-state index contributed by atoms with van der Waals surface area (Å²) in [5.74, 6) is -0.495. The number of para-hydroxylation sites is 1. The van der Waals surface area contributed by atoms with Gasteiger partial charge in [0, 0.05) is 18.2 Å². The van der Waals surface area contributed by atoms with Crippen LogP contribution in [0.3, 0.4) is 0 Å². The van der Waals surface area contributed by atoms with Crippen LogP contribution in [0.25, 0.3) is 6.08 Å². The fraction of sp³-hybridized carbons (Fsp3) is 0.0526. The number of non-ortho nitro benzene ring substituents is 1. The molecule has 1 saturated heterocycles. The average Bonchev–Trinajstić information content (AvgIpc) is 2.96. The first kappa shape index (κ1) is 20.0. The van der Waals surface area contributed by atoms with Crippen molar-refractivity contribution in [2.24, 2.45) is 0 Å². The first-order valence-corrected chi connectivity index (χ1v) is 9.07. The maximum atomic E-state index is 12.5. The average molecular weight is 411 g/mol. The minimum absolute atomic E-state index is 0.00608. The largest absolute Gasteiger partial charge is 0.293 e. The summed E-state index contributed by atoms with van der Waals surface area (Å²) in [6.07, 6.45) is 4.39. The molecule has 9 nitrogen and oxygen atoms in total. The van der Waals surface area contributed by atoms with E-state index in [-0.39, 0.29) is 22.8 Å². The van der Waals surface area contributed by atoms with Gasteiger partial charge in [-0.3, -0.25) is 34.7 Å². The van der Waals surface area contributed by atoms with Crippen molar-refractivity contribution < 1.29 is 19.4 Å². The van der Waals surface area contributed by atoms with Crippen LogP contribution in [0, 0.1) is 20.2 Å². The third kappa shape index (κ3) is 4.55. The molecule has 0 spiro atoms. The monoisotopic (exact) mass is 411 g/mol. The molecule has 1 aliphatic rings. The molecule has 2 aromatic rings. The van der Waals surface area contributed by atoms with E-state index in [1.165, 1.54) is 48.6 Å². The van der Waals surface area contributed by atoms with Gasteiger partial charge in [0.15, 0.2) is 0 Å². The number of allylic oxidation sites excluding steroid dienone is 2. The van der Waals surface area contributed by atoms with Crippen LogP contribution in [-0.2, 0) is 11.3 Å². The number of nitro benzene ring substituents is 2. The zero-order valence-electron chi connectivity index (χ0n) is 14.8. The Morgan fingerprint density at radius 1 is 0.966 bits per heavy atom. The van der Waals surface area contributed by atoms with Gasteiger partial charge in [-0.2, -0.15) is 0 Å². The smallest absolute Gasteiger partial charge is 0.268 e. The summed E-state index contributed by atoms with van der Waals surface area (Å²) in [6.45, 7) is -0.00608. The van der Waals surface area contributed by atoms with Crippen LogP contribution in [0.15, 0.2) is 65.6 Å². The van der Waals surface area contributed by atoms with E-state index in [1.807, 2.05) is 0 Å². The lowest BCUT2D eigenvalue weighted by Gasteiger charge is -2.12. The number of rotatable bonds is 6.